The molecule has 1 saturated carbocycles. The van der Waals surface area contributed by atoms with Crippen molar-refractivity contribution < 1.29 is 33.9 Å². The number of fused-ring (bicyclic) bond motifs is 1. The van der Waals surface area contributed by atoms with Crippen molar-refractivity contribution in [1.29, 1.82) is 0 Å². The van der Waals surface area contributed by atoms with Gasteiger partial charge in [-0.25, -0.2) is 30.5 Å². The van der Waals surface area contributed by atoms with E-state index in [1.807, 2.05) is 0 Å². The largest absolute Gasteiger partial charge is 0.550 e. The first-order chi connectivity index (χ1) is 19.1. The van der Waals surface area contributed by atoms with E-state index >= 15 is 0 Å². The molecule has 2 atom stereocenters. The van der Waals surface area contributed by atoms with Gasteiger partial charge in [0.1, 0.15) is 6.04 Å². The van der Waals surface area contributed by atoms with Crippen LogP contribution < -0.4 is 31.9 Å². The molecule has 222 valence electrons. The second-order valence-corrected chi connectivity index (χ2v) is 10.1. The van der Waals surface area contributed by atoms with E-state index in [4.69, 9.17) is 0 Å². The number of rotatable bonds is 10. The van der Waals surface area contributed by atoms with Crippen LogP contribution in [0.1, 0.15) is 51.4 Å². The Balaban J connectivity index is 1.54. The quantitative estimate of drug-likeness (QED) is 0.143. The standard InChI is InChI=1S/C24H39N9O7/c1-25-21(37)16-7-5-15(6-8-16)13-27-23(39)30-28-14-17(12-20(35)36)29-22(38)18-4-3-10-32-19(34)9-11-31(26-2)24(40)33(18)32/h14-18,26H,3-13H2,1-2H3,(H,25,37)(H,29,38)(H,35,36)(H2,27,30,39)/p-1/b28-14+/t15?,16?,17-,18-/m0/s1. The minimum absolute atomic E-state index is 0.00700. The van der Waals surface area contributed by atoms with Crippen LogP contribution in [0, 0.1) is 11.8 Å². The van der Waals surface area contributed by atoms with Crippen molar-refractivity contribution in [3.8, 4) is 0 Å². The van der Waals surface area contributed by atoms with Gasteiger partial charge in [0.25, 0.3) is 0 Å². The number of carbonyl (C=O) groups excluding carboxylic acids is 6. The van der Waals surface area contributed by atoms with Crippen molar-refractivity contribution in [2.24, 2.45) is 16.9 Å². The zero-order valence-corrected chi connectivity index (χ0v) is 22.8. The number of hydrogen-bond acceptors (Lipinski definition) is 9. The molecule has 0 unspecified atom stereocenters. The second-order valence-electron chi connectivity index (χ2n) is 10.1. The smallest absolute Gasteiger partial charge is 0.353 e. The van der Waals surface area contributed by atoms with Gasteiger partial charge in [0.2, 0.25) is 17.7 Å². The van der Waals surface area contributed by atoms with Crippen LogP contribution in [0.15, 0.2) is 5.10 Å². The summed E-state index contributed by atoms with van der Waals surface area (Å²) in [4.78, 5) is 74.0. The lowest BCUT2D eigenvalue weighted by Gasteiger charge is -2.43. The Morgan fingerprint density at radius 2 is 1.77 bits per heavy atom. The van der Waals surface area contributed by atoms with Gasteiger partial charge in [0.05, 0.1) is 6.04 Å². The summed E-state index contributed by atoms with van der Waals surface area (Å²) in [6, 6.07) is -3.37. The maximum Gasteiger partial charge on any atom is 0.353 e. The summed E-state index contributed by atoms with van der Waals surface area (Å²) < 4.78 is 0. The lowest BCUT2D eigenvalue weighted by atomic mass is 9.81. The summed E-state index contributed by atoms with van der Waals surface area (Å²) in [6.07, 6.45) is 4.37. The van der Waals surface area contributed by atoms with Crippen LogP contribution in [0.3, 0.4) is 0 Å². The van der Waals surface area contributed by atoms with Gasteiger partial charge < -0.3 is 25.9 Å². The van der Waals surface area contributed by atoms with E-state index in [9.17, 15) is 33.9 Å². The first kappa shape index (κ1) is 30.6. The van der Waals surface area contributed by atoms with Crippen molar-refractivity contribution in [1.82, 2.24) is 41.8 Å². The maximum atomic E-state index is 13.2. The minimum atomic E-state index is -1.46. The number of nitrogens with zero attached hydrogens (tertiary/aromatic N) is 4. The van der Waals surface area contributed by atoms with Gasteiger partial charge in [-0.2, -0.15) is 5.10 Å². The molecule has 2 saturated heterocycles. The number of carboxylic acids is 1. The van der Waals surface area contributed by atoms with Gasteiger partial charge >= 0.3 is 12.1 Å². The fourth-order valence-electron chi connectivity index (χ4n) is 5.21. The van der Waals surface area contributed by atoms with E-state index in [-0.39, 0.29) is 49.6 Å². The number of nitrogens with one attached hydrogen (secondary N) is 5. The molecule has 16 nitrogen and oxygen atoms in total. The summed E-state index contributed by atoms with van der Waals surface area (Å²) in [5.74, 6) is -2.18. The molecule has 16 heteroatoms. The van der Waals surface area contributed by atoms with Crippen molar-refractivity contribution in [3.05, 3.63) is 0 Å². The summed E-state index contributed by atoms with van der Waals surface area (Å²) in [6.45, 7) is 0.816. The fraction of sp³-hybridized carbons (Fsp3) is 0.708. The first-order valence-corrected chi connectivity index (χ1v) is 13.5. The molecule has 1 aliphatic carbocycles. The van der Waals surface area contributed by atoms with Crippen LogP contribution in [0.25, 0.3) is 0 Å². The first-order valence-electron chi connectivity index (χ1n) is 13.5. The highest BCUT2D eigenvalue weighted by atomic mass is 16.4. The van der Waals surface area contributed by atoms with E-state index < -0.39 is 42.4 Å². The van der Waals surface area contributed by atoms with E-state index in [1.165, 1.54) is 17.1 Å². The molecular formula is C24H38N9O7-. The monoisotopic (exact) mass is 564 g/mol. The maximum absolute atomic E-state index is 13.2. The van der Waals surface area contributed by atoms with Gasteiger partial charge in [-0.3, -0.25) is 19.4 Å². The molecule has 5 N–H and O–H groups in total. The van der Waals surface area contributed by atoms with E-state index in [0.29, 0.717) is 13.0 Å². The number of amides is 7. The Bertz CT molecular complexity index is 999. The molecule has 7 amide bonds. The van der Waals surface area contributed by atoms with Crippen LogP contribution in [0.4, 0.5) is 9.59 Å². The third-order valence-electron chi connectivity index (χ3n) is 7.39. The molecular weight excluding hydrogens is 526 g/mol. The molecule has 0 aromatic carbocycles. The summed E-state index contributed by atoms with van der Waals surface area (Å²) in [5.41, 5.74) is 4.97. The van der Waals surface area contributed by atoms with Crippen LogP contribution in [-0.4, -0.2) is 103 Å². The molecule has 0 aromatic heterocycles. The Morgan fingerprint density at radius 3 is 2.42 bits per heavy atom. The van der Waals surface area contributed by atoms with Gasteiger partial charge in [-0.1, -0.05) is 0 Å². The zero-order chi connectivity index (χ0) is 29.2. The minimum Gasteiger partial charge on any atom is -0.550 e. The zero-order valence-electron chi connectivity index (χ0n) is 22.8. The van der Waals surface area contributed by atoms with Crippen molar-refractivity contribution in [2.45, 2.75) is 63.5 Å². The summed E-state index contributed by atoms with van der Waals surface area (Å²) >= 11 is 0. The third kappa shape index (κ3) is 8.03. The molecule has 0 spiro atoms. The second kappa shape index (κ2) is 14.4. The lowest BCUT2D eigenvalue weighted by molar-refractivity contribution is -0.305. The number of hydrazine groups is 2. The van der Waals surface area contributed by atoms with Gasteiger partial charge in [0.15, 0.2) is 0 Å². The van der Waals surface area contributed by atoms with Gasteiger partial charge in [-0.05, 0) is 44.4 Å². The molecule has 0 bridgehead atoms. The van der Waals surface area contributed by atoms with Crippen LogP contribution in [0.2, 0.25) is 0 Å². The Morgan fingerprint density at radius 1 is 1.05 bits per heavy atom. The molecule has 40 heavy (non-hydrogen) atoms. The number of carboxylic acid groups (broad SMARTS) is 1. The topological polar surface area (TPSA) is 208 Å². The molecule has 2 aliphatic heterocycles. The molecule has 3 rings (SSSR count). The number of hydrogen-bond donors (Lipinski definition) is 5. The molecule has 0 aromatic rings. The number of carbonyl (C=O) groups is 6. The summed E-state index contributed by atoms with van der Waals surface area (Å²) in [5, 5.41) is 26.6. The predicted molar refractivity (Wildman–Crippen MR) is 138 cm³/mol. The van der Waals surface area contributed by atoms with Crippen LogP contribution in [-0.2, 0) is 19.2 Å². The highest BCUT2D eigenvalue weighted by Gasteiger charge is 2.43. The van der Waals surface area contributed by atoms with Gasteiger partial charge in [0, 0.05) is 64.7 Å². The SMILES string of the molecule is CNC(=O)C1CCC(CNC(=O)N/N=C/[C@H](CC(=O)[O-])NC(=O)[C@@H]2CCCN3C(=O)CCN(NC)C(=O)N23)CC1. The highest BCUT2D eigenvalue weighted by Crippen LogP contribution is 2.28. The molecule has 2 heterocycles. The number of urea groups is 2. The lowest BCUT2D eigenvalue weighted by Crippen LogP contribution is -2.64. The fourth-order valence-corrected chi connectivity index (χ4v) is 5.21. The van der Waals surface area contributed by atoms with Crippen LogP contribution in [0.5, 0.6) is 0 Å². The molecule has 3 aliphatic rings. The molecule has 0 radical (unpaired) electrons. The molecule has 3 fully saturated rings. The van der Waals surface area contributed by atoms with E-state index in [0.717, 1.165) is 36.9 Å². The average molecular weight is 565 g/mol. The van der Waals surface area contributed by atoms with Crippen molar-refractivity contribution >= 4 is 42.0 Å². The number of hydrazone groups is 1. The van der Waals surface area contributed by atoms with Gasteiger partial charge in [-0.15, -0.1) is 0 Å². The Labute approximate surface area is 232 Å². The Hall–Kier alpha value is -3.95. The summed E-state index contributed by atoms with van der Waals surface area (Å²) in [7, 11) is 3.15. The Kier molecular flexibility index (Phi) is 11.0. The number of aliphatic carboxylic acids is 1. The van der Waals surface area contributed by atoms with Crippen molar-refractivity contribution in [3.63, 3.8) is 0 Å². The average Bonchev–Trinajstić information content (AvgIpc) is 3.06. The van der Waals surface area contributed by atoms with E-state index in [2.05, 4.69) is 31.9 Å². The normalized spacial score (nSPS) is 24.1. The highest BCUT2D eigenvalue weighted by molar-refractivity contribution is 5.92. The predicted octanol–water partition coefficient (Wildman–Crippen LogP) is -2.38. The van der Waals surface area contributed by atoms with Crippen molar-refractivity contribution in [2.75, 3.05) is 33.7 Å². The third-order valence-corrected chi connectivity index (χ3v) is 7.39. The van der Waals surface area contributed by atoms with Crippen LogP contribution >= 0.6 is 0 Å². The van der Waals surface area contributed by atoms with E-state index in [1.54, 1.807) is 7.05 Å².